The van der Waals surface area contributed by atoms with Crippen LogP contribution in [0, 0.1) is 0 Å². The fraction of sp³-hybridized carbons (Fsp3) is 0.476. The minimum absolute atomic E-state index is 0.0585. The van der Waals surface area contributed by atoms with Crippen LogP contribution in [0.3, 0.4) is 0 Å². The van der Waals surface area contributed by atoms with Crippen LogP contribution >= 0.6 is 11.3 Å². The first kappa shape index (κ1) is 16.8. The van der Waals surface area contributed by atoms with Crippen molar-refractivity contribution in [2.75, 3.05) is 19.6 Å². The number of thiophene rings is 1. The van der Waals surface area contributed by atoms with E-state index in [1.807, 2.05) is 24.3 Å². The predicted molar refractivity (Wildman–Crippen MR) is 104 cm³/mol. The summed E-state index contributed by atoms with van der Waals surface area (Å²) < 4.78 is 0. The van der Waals surface area contributed by atoms with Gasteiger partial charge in [0.05, 0.1) is 0 Å². The summed E-state index contributed by atoms with van der Waals surface area (Å²) in [5, 5.41) is 5.31. The van der Waals surface area contributed by atoms with Crippen LogP contribution in [-0.4, -0.2) is 36.0 Å². The molecule has 0 bridgehead atoms. The lowest BCUT2D eigenvalue weighted by molar-refractivity contribution is 0.0860. The summed E-state index contributed by atoms with van der Waals surface area (Å²) in [5.74, 6) is 0.0585. The van der Waals surface area contributed by atoms with Crippen LogP contribution in [0.15, 0.2) is 41.8 Å². The van der Waals surface area contributed by atoms with Crippen LogP contribution in [0.4, 0.5) is 0 Å². The van der Waals surface area contributed by atoms with Crippen molar-refractivity contribution in [3.8, 4) is 10.4 Å². The fourth-order valence-electron chi connectivity index (χ4n) is 4.40. The Balaban J connectivity index is 1.41. The number of likely N-dealkylation sites (tertiary alicyclic amines) is 1. The molecule has 1 saturated heterocycles. The van der Waals surface area contributed by atoms with Crippen molar-refractivity contribution in [1.29, 1.82) is 0 Å². The molecule has 1 aliphatic heterocycles. The van der Waals surface area contributed by atoms with Gasteiger partial charge in [-0.15, -0.1) is 11.3 Å². The lowest BCUT2D eigenvalue weighted by Crippen LogP contribution is -2.53. The SMILES string of the molecule is O=C(NCC1(N2CCCC2)CCCC1)c1ccc(-c2cccs2)cc1. The van der Waals surface area contributed by atoms with E-state index in [1.165, 1.54) is 62.1 Å². The molecule has 1 aliphatic carbocycles. The van der Waals surface area contributed by atoms with Crippen LogP contribution < -0.4 is 5.32 Å². The molecule has 0 radical (unpaired) electrons. The standard InChI is InChI=1S/C21H26N2OS/c24-20(18-9-7-17(8-10-18)19-6-5-15-25-19)22-16-21(11-1-2-12-21)23-13-3-4-14-23/h5-10,15H,1-4,11-14,16H2,(H,22,24). The second-order valence-electron chi connectivity index (χ2n) is 7.36. The van der Waals surface area contributed by atoms with Gasteiger partial charge in [-0.05, 0) is 67.9 Å². The van der Waals surface area contributed by atoms with E-state index >= 15 is 0 Å². The highest BCUT2D eigenvalue weighted by Gasteiger charge is 2.40. The van der Waals surface area contributed by atoms with E-state index in [2.05, 4.69) is 27.7 Å². The number of hydrogen-bond acceptors (Lipinski definition) is 3. The van der Waals surface area contributed by atoms with Crippen molar-refractivity contribution in [3.05, 3.63) is 47.3 Å². The maximum atomic E-state index is 12.6. The van der Waals surface area contributed by atoms with Gasteiger partial charge in [0.2, 0.25) is 0 Å². The van der Waals surface area contributed by atoms with E-state index in [0.29, 0.717) is 0 Å². The number of nitrogens with zero attached hydrogens (tertiary/aromatic N) is 1. The first-order valence-electron chi connectivity index (χ1n) is 9.44. The summed E-state index contributed by atoms with van der Waals surface area (Å²) in [7, 11) is 0. The molecule has 3 nitrogen and oxygen atoms in total. The molecule has 0 atom stereocenters. The Morgan fingerprint density at radius 1 is 1.04 bits per heavy atom. The van der Waals surface area contributed by atoms with E-state index in [1.54, 1.807) is 11.3 Å². The van der Waals surface area contributed by atoms with Crippen molar-refractivity contribution in [3.63, 3.8) is 0 Å². The molecule has 1 saturated carbocycles. The molecular formula is C21H26N2OS. The van der Waals surface area contributed by atoms with Gasteiger partial charge in [0, 0.05) is 22.5 Å². The number of carbonyl (C=O) groups is 1. The molecule has 1 aromatic heterocycles. The van der Waals surface area contributed by atoms with E-state index in [9.17, 15) is 4.79 Å². The third kappa shape index (κ3) is 3.51. The number of amides is 1. The molecule has 132 valence electrons. The molecule has 4 heteroatoms. The van der Waals surface area contributed by atoms with Crippen molar-refractivity contribution in [1.82, 2.24) is 10.2 Å². The van der Waals surface area contributed by atoms with Crippen molar-refractivity contribution < 1.29 is 4.79 Å². The van der Waals surface area contributed by atoms with Gasteiger partial charge >= 0.3 is 0 Å². The zero-order valence-corrected chi connectivity index (χ0v) is 15.5. The van der Waals surface area contributed by atoms with Crippen LogP contribution in [0.1, 0.15) is 48.9 Å². The summed E-state index contributed by atoms with van der Waals surface area (Å²) in [5.41, 5.74) is 2.15. The second kappa shape index (κ2) is 7.30. The smallest absolute Gasteiger partial charge is 0.251 e. The first-order valence-corrected chi connectivity index (χ1v) is 10.3. The van der Waals surface area contributed by atoms with Gasteiger partial charge in [-0.25, -0.2) is 0 Å². The van der Waals surface area contributed by atoms with Gasteiger partial charge in [0.1, 0.15) is 0 Å². The molecule has 1 N–H and O–H groups in total. The summed E-state index contributed by atoms with van der Waals surface area (Å²) in [6.45, 7) is 3.19. The molecule has 0 spiro atoms. The Labute approximate surface area is 154 Å². The zero-order valence-electron chi connectivity index (χ0n) is 14.7. The van der Waals surface area contributed by atoms with Crippen molar-refractivity contribution in [2.45, 2.75) is 44.1 Å². The number of carbonyl (C=O) groups excluding carboxylic acids is 1. The Bertz CT molecular complexity index is 696. The highest BCUT2D eigenvalue weighted by atomic mass is 32.1. The first-order chi connectivity index (χ1) is 12.3. The molecule has 1 amide bonds. The van der Waals surface area contributed by atoms with E-state index in [0.717, 1.165) is 12.1 Å². The topological polar surface area (TPSA) is 32.3 Å². The van der Waals surface area contributed by atoms with Gasteiger partial charge in [-0.2, -0.15) is 0 Å². The highest BCUT2D eigenvalue weighted by molar-refractivity contribution is 7.13. The summed E-state index contributed by atoms with van der Waals surface area (Å²) in [6, 6.07) is 12.2. The predicted octanol–water partition coefficient (Wildman–Crippen LogP) is 4.55. The van der Waals surface area contributed by atoms with E-state index < -0.39 is 0 Å². The third-order valence-electron chi connectivity index (χ3n) is 5.84. The van der Waals surface area contributed by atoms with Gasteiger partial charge in [-0.3, -0.25) is 9.69 Å². The van der Waals surface area contributed by atoms with Crippen molar-refractivity contribution >= 4 is 17.2 Å². The molecular weight excluding hydrogens is 328 g/mol. The molecule has 25 heavy (non-hydrogen) atoms. The number of hydrogen-bond donors (Lipinski definition) is 1. The Morgan fingerprint density at radius 3 is 2.40 bits per heavy atom. The van der Waals surface area contributed by atoms with E-state index in [4.69, 9.17) is 0 Å². The lowest BCUT2D eigenvalue weighted by atomic mass is 9.95. The molecule has 4 rings (SSSR count). The van der Waals surface area contributed by atoms with Gasteiger partial charge in [-0.1, -0.05) is 31.0 Å². The second-order valence-corrected chi connectivity index (χ2v) is 8.31. The van der Waals surface area contributed by atoms with Crippen LogP contribution in [0.5, 0.6) is 0 Å². The minimum atomic E-state index is 0.0585. The van der Waals surface area contributed by atoms with Crippen molar-refractivity contribution in [2.24, 2.45) is 0 Å². The average molecular weight is 355 g/mol. The molecule has 1 aromatic carbocycles. The molecule has 2 heterocycles. The summed E-state index contributed by atoms with van der Waals surface area (Å²) >= 11 is 1.72. The van der Waals surface area contributed by atoms with Crippen LogP contribution in [0.2, 0.25) is 0 Å². The Kier molecular flexibility index (Phi) is 4.91. The maximum Gasteiger partial charge on any atom is 0.251 e. The summed E-state index contributed by atoms with van der Waals surface area (Å²) in [4.78, 5) is 16.5. The molecule has 2 aromatic rings. The lowest BCUT2D eigenvalue weighted by Gasteiger charge is -2.39. The van der Waals surface area contributed by atoms with Gasteiger partial charge in [0.15, 0.2) is 0 Å². The normalized spacial score (nSPS) is 20.0. The summed E-state index contributed by atoms with van der Waals surface area (Å²) in [6.07, 6.45) is 7.65. The van der Waals surface area contributed by atoms with Crippen LogP contribution in [0.25, 0.3) is 10.4 Å². The number of nitrogens with one attached hydrogen (secondary N) is 1. The number of benzene rings is 1. The fourth-order valence-corrected chi connectivity index (χ4v) is 5.14. The maximum absolute atomic E-state index is 12.6. The minimum Gasteiger partial charge on any atom is -0.350 e. The monoisotopic (exact) mass is 354 g/mol. The number of rotatable bonds is 5. The Morgan fingerprint density at radius 2 is 1.76 bits per heavy atom. The zero-order chi connectivity index (χ0) is 17.1. The van der Waals surface area contributed by atoms with Gasteiger partial charge < -0.3 is 5.32 Å². The van der Waals surface area contributed by atoms with Gasteiger partial charge in [0.25, 0.3) is 5.91 Å². The molecule has 2 aliphatic rings. The molecule has 2 fully saturated rings. The quantitative estimate of drug-likeness (QED) is 0.854. The average Bonchev–Trinajstić information content (AvgIpc) is 3.42. The third-order valence-corrected chi connectivity index (χ3v) is 6.76. The molecule has 0 unspecified atom stereocenters. The highest BCUT2D eigenvalue weighted by Crippen LogP contribution is 2.37. The largest absolute Gasteiger partial charge is 0.350 e. The van der Waals surface area contributed by atoms with E-state index in [-0.39, 0.29) is 11.4 Å². The Hall–Kier alpha value is -1.65. The van der Waals surface area contributed by atoms with Crippen LogP contribution in [-0.2, 0) is 0 Å².